The highest BCUT2D eigenvalue weighted by Crippen LogP contribution is 2.25. The van der Waals surface area contributed by atoms with Crippen molar-refractivity contribution in [3.05, 3.63) is 81.4 Å². The highest BCUT2D eigenvalue weighted by atomic mass is 19.2. The van der Waals surface area contributed by atoms with Gasteiger partial charge in [-0.1, -0.05) is 12.1 Å². The first-order valence-electron chi connectivity index (χ1n) is 8.05. The molecular formula is C19H12F3N3O2. The molecule has 0 fully saturated rings. The molecule has 0 bridgehead atoms. The summed E-state index contributed by atoms with van der Waals surface area (Å²) in [5, 5.41) is 6.85. The Morgan fingerprint density at radius 1 is 1.00 bits per heavy atom. The topological polar surface area (TPSA) is 64.0 Å². The normalized spacial score (nSPS) is 12.8. The van der Waals surface area contributed by atoms with E-state index in [-0.39, 0.29) is 23.7 Å². The van der Waals surface area contributed by atoms with Crippen molar-refractivity contribution in [3.8, 4) is 11.3 Å². The number of rotatable bonds is 3. The van der Waals surface area contributed by atoms with E-state index in [2.05, 4.69) is 10.4 Å². The SMILES string of the molecule is O=C1Cc2ccc(Cn3nc(-c4cc(F)c(F)c(F)c4)ccc3=O)cc2N1. The number of amides is 1. The van der Waals surface area contributed by atoms with Gasteiger partial charge in [0.2, 0.25) is 5.91 Å². The fraction of sp³-hybridized carbons (Fsp3) is 0.105. The van der Waals surface area contributed by atoms with Crippen LogP contribution < -0.4 is 10.9 Å². The highest BCUT2D eigenvalue weighted by Gasteiger charge is 2.18. The molecule has 0 radical (unpaired) electrons. The minimum atomic E-state index is -1.56. The van der Waals surface area contributed by atoms with Crippen molar-refractivity contribution in [1.82, 2.24) is 9.78 Å². The van der Waals surface area contributed by atoms with Crippen molar-refractivity contribution >= 4 is 11.6 Å². The molecule has 5 nitrogen and oxygen atoms in total. The first-order valence-corrected chi connectivity index (χ1v) is 8.05. The molecule has 1 aromatic heterocycles. The van der Waals surface area contributed by atoms with Crippen LogP contribution in [0, 0.1) is 17.5 Å². The Morgan fingerprint density at radius 2 is 1.74 bits per heavy atom. The van der Waals surface area contributed by atoms with E-state index in [0.29, 0.717) is 12.1 Å². The maximum atomic E-state index is 13.5. The van der Waals surface area contributed by atoms with Crippen LogP contribution >= 0.6 is 0 Å². The Bertz CT molecular complexity index is 1120. The zero-order valence-corrected chi connectivity index (χ0v) is 13.8. The number of nitrogens with one attached hydrogen (secondary N) is 1. The van der Waals surface area contributed by atoms with Crippen LogP contribution in [0.15, 0.2) is 47.3 Å². The standard InChI is InChI=1S/C19H12F3N3O2/c20-13-6-12(7-14(21)19(13)22)15-3-4-18(27)25(24-15)9-10-1-2-11-8-17(26)23-16(11)5-10/h1-7H,8-9H2,(H,23,26). The van der Waals surface area contributed by atoms with E-state index >= 15 is 0 Å². The molecule has 2 heterocycles. The molecule has 2 aromatic carbocycles. The zero-order valence-electron chi connectivity index (χ0n) is 13.8. The number of nitrogens with zero attached hydrogens (tertiary/aromatic N) is 2. The van der Waals surface area contributed by atoms with Crippen LogP contribution in [0.3, 0.4) is 0 Å². The third kappa shape index (κ3) is 3.21. The lowest BCUT2D eigenvalue weighted by Crippen LogP contribution is -2.23. The molecule has 8 heteroatoms. The molecule has 136 valence electrons. The number of anilines is 1. The number of carbonyl (C=O) groups excluding carboxylic acids is 1. The number of fused-ring (bicyclic) bond motifs is 1. The zero-order chi connectivity index (χ0) is 19.1. The van der Waals surface area contributed by atoms with Gasteiger partial charge in [0, 0.05) is 17.3 Å². The third-order valence-electron chi connectivity index (χ3n) is 4.28. The van der Waals surface area contributed by atoms with Crippen LogP contribution in [0.5, 0.6) is 0 Å². The largest absolute Gasteiger partial charge is 0.326 e. The Labute approximate surface area is 151 Å². The Balaban J connectivity index is 1.69. The van der Waals surface area contributed by atoms with Gasteiger partial charge in [-0.2, -0.15) is 5.10 Å². The van der Waals surface area contributed by atoms with E-state index in [1.165, 1.54) is 12.1 Å². The Kier molecular flexibility index (Phi) is 4.02. The van der Waals surface area contributed by atoms with Crippen LogP contribution in [0.25, 0.3) is 11.3 Å². The Hall–Kier alpha value is -3.42. The predicted molar refractivity (Wildman–Crippen MR) is 91.7 cm³/mol. The van der Waals surface area contributed by atoms with Crippen molar-refractivity contribution < 1.29 is 18.0 Å². The van der Waals surface area contributed by atoms with Gasteiger partial charge in [0.1, 0.15) is 0 Å². The number of halogens is 3. The maximum absolute atomic E-state index is 13.5. The average molecular weight is 371 g/mol. The molecule has 1 aliphatic rings. The highest BCUT2D eigenvalue weighted by molar-refractivity contribution is 5.99. The van der Waals surface area contributed by atoms with E-state index in [4.69, 9.17) is 0 Å². The summed E-state index contributed by atoms with van der Waals surface area (Å²) in [6, 6.07) is 9.49. The van der Waals surface area contributed by atoms with Gasteiger partial charge >= 0.3 is 0 Å². The van der Waals surface area contributed by atoms with Crippen molar-refractivity contribution in [2.75, 3.05) is 5.32 Å². The van der Waals surface area contributed by atoms with Gasteiger partial charge in [-0.3, -0.25) is 9.59 Å². The first kappa shape index (κ1) is 17.0. The maximum Gasteiger partial charge on any atom is 0.267 e. The number of carbonyl (C=O) groups is 1. The van der Waals surface area contributed by atoms with Gasteiger partial charge in [0.15, 0.2) is 17.5 Å². The van der Waals surface area contributed by atoms with Crippen LogP contribution in [0.1, 0.15) is 11.1 Å². The summed E-state index contributed by atoms with van der Waals surface area (Å²) >= 11 is 0. The lowest BCUT2D eigenvalue weighted by molar-refractivity contribution is -0.115. The quantitative estimate of drug-likeness (QED) is 0.720. The van der Waals surface area contributed by atoms with Gasteiger partial charge in [-0.15, -0.1) is 0 Å². The molecule has 0 spiro atoms. The van der Waals surface area contributed by atoms with Crippen molar-refractivity contribution in [2.45, 2.75) is 13.0 Å². The molecule has 4 rings (SSSR count). The van der Waals surface area contributed by atoms with Crippen LogP contribution in [0.2, 0.25) is 0 Å². The van der Waals surface area contributed by atoms with Crippen LogP contribution in [0.4, 0.5) is 18.9 Å². The molecule has 0 saturated carbocycles. The van der Waals surface area contributed by atoms with Gasteiger partial charge in [0.05, 0.1) is 18.7 Å². The van der Waals surface area contributed by atoms with Crippen molar-refractivity contribution in [1.29, 1.82) is 0 Å². The number of aromatic nitrogens is 2. The summed E-state index contributed by atoms with van der Waals surface area (Å²) in [4.78, 5) is 23.5. The molecule has 1 aliphatic heterocycles. The minimum Gasteiger partial charge on any atom is -0.326 e. The lowest BCUT2D eigenvalue weighted by Gasteiger charge is -2.09. The molecule has 0 saturated heterocycles. The summed E-state index contributed by atoms with van der Waals surface area (Å²) < 4.78 is 41.2. The number of benzene rings is 2. The van der Waals surface area contributed by atoms with E-state index in [0.717, 1.165) is 27.9 Å². The second-order valence-electron chi connectivity index (χ2n) is 6.18. The van der Waals surface area contributed by atoms with Gasteiger partial charge in [-0.05, 0) is 35.4 Å². The monoisotopic (exact) mass is 371 g/mol. The lowest BCUT2D eigenvalue weighted by atomic mass is 10.1. The van der Waals surface area contributed by atoms with Gasteiger partial charge < -0.3 is 5.32 Å². The summed E-state index contributed by atoms with van der Waals surface area (Å²) in [5.41, 5.74) is 2.01. The summed E-state index contributed by atoms with van der Waals surface area (Å²) in [6.07, 6.45) is 0.311. The third-order valence-corrected chi connectivity index (χ3v) is 4.28. The Morgan fingerprint density at radius 3 is 2.48 bits per heavy atom. The number of hydrogen-bond acceptors (Lipinski definition) is 3. The minimum absolute atomic E-state index is 0.0152. The molecule has 27 heavy (non-hydrogen) atoms. The molecule has 1 amide bonds. The molecule has 0 aliphatic carbocycles. The van der Waals surface area contributed by atoms with E-state index in [9.17, 15) is 22.8 Å². The smallest absolute Gasteiger partial charge is 0.267 e. The van der Waals surface area contributed by atoms with E-state index in [1.807, 2.05) is 0 Å². The molecule has 1 N–H and O–H groups in total. The van der Waals surface area contributed by atoms with E-state index in [1.54, 1.807) is 18.2 Å². The molecule has 0 unspecified atom stereocenters. The van der Waals surface area contributed by atoms with Crippen LogP contribution in [-0.2, 0) is 17.8 Å². The fourth-order valence-corrected chi connectivity index (χ4v) is 2.95. The molecular weight excluding hydrogens is 359 g/mol. The molecule has 0 atom stereocenters. The predicted octanol–water partition coefficient (Wildman–Crippen LogP) is 2.87. The summed E-state index contributed by atoms with van der Waals surface area (Å²) in [6.45, 7) is 0.0992. The van der Waals surface area contributed by atoms with E-state index < -0.39 is 23.0 Å². The van der Waals surface area contributed by atoms with Crippen LogP contribution in [-0.4, -0.2) is 15.7 Å². The number of hydrogen-bond donors (Lipinski definition) is 1. The van der Waals surface area contributed by atoms with Crippen molar-refractivity contribution in [2.24, 2.45) is 0 Å². The second kappa shape index (κ2) is 6.39. The van der Waals surface area contributed by atoms with Crippen molar-refractivity contribution in [3.63, 3.8) is 0 Å². The summed E-state index contributed by atoms with van der Waals surface area (Å²) in [7, 11) is 0. The summed E-state index contributed by atoms with van der Waals surface area (Å²) in [5.74, 6) is -4.33. The molecule has 3 aromatic rings. The second-order valence-corrected chi connectivity index (χ2v) is 6.18. The first-order chi connectivity index (χ1) is 12.9. The van der Waals surface area contributed by atoms with Gasteiger partial charge in [0.25, 0.3) is 5.56 Å². The van der Waals surface area contributed by atoms with Gasteiger partial charge in [-0.25, -0.2) is 17.9 Å². The fourth-order valence-electron chi connectivity index (χ4n) is 2.95. The average Bonchev–Trinajstić information content (AvgIpc) is 3.00.